The molecule has 6 nitrogen and oxygen atoms in total. The summed E-state index contributed by atoms with van der Waals surface area (Å²) in [5.74, 6) is 0.200. The highest BCUT2D eigenvalue weighted by Crippen LogP contribution is 2.39. The summed E-state index contributed by atoms with van der Waals surface area (Å²) in [5, 5.41) is 28.7. The molecule has 0 saturated heterocycles. The van der Waals surface area contributed by atoms with Crippen LogP contribution in [-0.4, -0.2) is 10.3 Å². The number of rotatable bonds is 1. The zero-order chi connectivity index (χ0) is 12.7. The van der Waals surface area contributed by atoms with Gasteiger partial charge in [0.2, 0.25) is 12.4 Å². The van der Waals surface area contributed by atoms with E-state index in [-0.39, 0.29) is 17.1 Å². The van der Waals surface area contributed by atoms with Gasteiger partial charge in [0.25, 0.3) is 6.26 Å². The van der Waals surface area contributed by atoms with Gasteiger partial charge in [0.1, 0.15) is 11.0 Å². The second kappa shape index (κ2) is 3.53. The van der Waals surface area contributed by atoms with Crippen LogP contribution in [0.15, 0.2) is 35.0 Å². The van der Waals surface area contributed by atoms with Gasteiger partial charge in [0, 0.05) is 4.73 Å². The standard InChI is InChI=1S/C12H6N2O4/c13-6-17-10-2-1-8(15)12-11(10)7-5-14(16)4-3-9(7)18-12/h1-5H,(H-,15,16)/p+1. The first-order valence-corrected chi connectivity index (χ1v) is 5.05. The summed E-state index contributed by atoms with van der Waals surface area (Å²) in [6, 6.07) is 4.39. The van der Waals surface area contributed by atoms with E-state index in [1.165, 1.54) is 24.5 Å². The van der Waals surface area contributed by atoms with E-state index in [2.05, 4.69) is 0 Å². The van der Waals surface area contributed by atoms with Gasteiger partial charge in [0.05, 0.1) is 11.5 Å². The van der Waals surface area contributed by atoms with Crippen molar-refractivity contribution in [1.82, 2.24) is 0 Å². The molecule has 0 aliphatic carbocycles. The zero-order valence-corrected chi connectivity index (χ0v) is 8.99. The quantitative estimate of drug-likeness (QED) is 0.385. The van der Waals surface area contributed by atoms with Crippen molar-refractivity contribution in [2.75, 3.05) is 0 Å². The van der Waals surface area contributed by atoms with Gasteiger partial charge >= 0.3 is 0 Å². The molecule has 0 radical (unpaired) electrons. The van der Waals surface area contributed by atoms with Crippen LogP contribution in [0.1, 0.15) is 0 Å². The number of phenolic OH excluding ortho intramolecular Hbond substituents is 1. The van der Waals surface area contributed by atoms with E-state index >= 15 is 0 Å². The highest BCUT2D eigenvalue weighted by molar-refractivity contribution is 6.09. The first kappa shape index (κ1) is 10.2. The maximum absolute atomic E-state index is 9.73. The van der Waals surface area contributed by atoms with Gasteiger partial charge in [-0.15, -0.1) is 5.26 Å². The minimum atomic E-state index is -0.0593. The van der Waals surface area contributed by atoms with Crippen LogP contribution in [0.2, 0.25) is 0 Å². The third-order valence-corrected chi connectivity index (χ3v) is 2.64. The normalized spacial score (nSPS) is 10.6. The van der Waals surface area contributed by atoms with E-state index in [4.69, 9.17) is 14.4 Å². The number of furan rings is 1. The average molecular weight is 243 g/mol. The second-order valence-electron chi connectivity index (χ2n) is 3.69. The second-order valence-corrected chi connectivity index (χ2v) is 3.69. The summed E-state index contributed by atoms with van der Waals surface area (Å²) in [6.45, 7) is 0. The minimum Gasteiger partial charge on any atom is -0.504 e. The van der Waals surface area contributed by atoms with Gasteiger partial charge in [-0.2, -0.15) is 0 Å². The van der Waals surface area contributed by atoms with E-state index < -0.39 is 0 Å². The van der Waals surface area contributed by atoms with Gasteiger partial charge in [0.15, 0.2) is 17.1 Å². The number of benzene rings is 1. The Balaban J connectivity index is 2.52. The number of aromatic hydroxyl groups is 1. The number of pyridine rings is 1. The van der Waals surface area contributed by atoms with Crippen molar-refractivity contribution < 1.29 is 24.2 Å². The summed E-state index contributed by atoms with van der Waals surface area (Å²) >= 11 is 0. The van der Waals surface area contributed by atoms with Crippen LogP contribution < -0.4 is 9.47 Å². The molecule has 0 aliphatic heterocycles. The van der Waals surface area contributed by atoms with Gasteiger partial charge in [-0.25, -0.2) is 0 Å². The number of ether oxygens (including phenoxy) is 1. The van der Waals surface area contributed by atoms with E-state index in [1.807, 2.05) is 0 Å². The average Bonchev–Trinajstić information content (AvgIpc) is 2.73. The maximum atomic E-state index is 9.73. The lowest BCUT2D eigenvalue weighted by molar-refractivity contribution is -0.903. The Labute approximate surface area is 100 Å². The number of nitriles is 1. The molecule has 0 atom stereocenters. The summed E-state index contributed by atoms with van der Waals surface area (Å²) in [6.07, 6.45) is 4.38. The van der Waals surface area contributed by atoms with Crippen molar-refractivity contribution in [3.05, 3.63) is 30.6 Å². The predicted molar refractivity (Wildman–Crippen MR) is 59.0 cm³/mol. The predicted octanol–water partition coefficient (Wildman–Crippen LogP) is 1.68. The Morgan fingerprint density at radius 1 is 1.33 bits per heavy atom. The van der Waals surface area contributed by atoms with Crippen LogP contribution in [0.3, 0.4) is 0 Å². The lowest BCUT2D eigenvalue weighted by atomic mass is 10.1. The minimum absolute atomic E-state index is 0.0593. The van der Waals surface area contributed by atoms with Crippen molar-refractivity contribution in [2.24, 2.45) is 0 Å². The van der Waals surface area contributed by atoms with Crippen molar-refractivity contribution in [3.8, 4) is 17.8 Å². The molecule has 1 aromatic carbocycles. The van der Waals surface area contributed by atoms with Crippen LogP contribution >= 0.6 is 0 Å². The summed E-state index contributed by atoms with van der Waals surface area (Å²) in [4.78, 5) is 0. The Morgan fingerprint density at radius 2 is 2.17 bits per heavy atom. The summed E-state index contributed by atoms with van der Waals surface area (Å²) in [5.41, 5.74) is 0.684. The molecule has 3 aromatic rings. The molecule has 0 aliphatic rings. The van der Waals surface area contributed by atoms with Crippen LogP contribution in [0.5, 0.6) is 11.5 Å². The Bertz CT molecular complexity index is 801. The van der Waals surface area contributed by atoms with Crippen LogP contribution in [0.25, 0.3) is 21.9 Å². The Hall–Kier alpha value is -2.94. The van der Waals surface area contributed by atoms with Gasteiger partial charge < -0.3 is 14.3 Å². The highest BCUT2D eigenvalue weighted by atomic mass is 16.5. The molecule has 18 heavy (non-hydrogen) atoms. The molecule has 0 spiro atoms. The zero-order valence-electron chi connectivity index (χ0n) is 8.99. The number of fused-ring (bicyclic) bond motifs is 3. The molecule has 0 saturated carbocycles. The topological polar surface area (TPSA) is 90.5 Å². The third-order valence-electron chi connectivity index (χ3n) is 2.64. The molecule has 0 unspecified atom stereocenters. The van der Waals surface area contributed by atoms with Crippen molar-refractivity contribution in [1.29, 1.82) is 5.26 Å². The van der Waals surface area contributed by atoms with Crippen LogP contribution in [-0.2, 0) is 0 Å². The SMILES string of the molecule is N#COc1ccc(O)c2oc3cc[n+](O)cc3c12. The van der Waals surface area contributed by atoms with E-state index in [1.54, 1.807) is 12.3 Å². The number of nitrogens with zero attached hydrogens (tertiary/aromatic N) is 2. The molecule has 0 bridgehead atoms. The molecular weight excluding hydrogens is 236 g/mol. The van der Waals surface area contributed by atoms with Crippen molar-refractivity contribution in [3.63, 3.8) is 0 Å². The molecule has 0 fully saturated rings. The summed E-state index contributed by atoms with van der Waals surface area (Å²) in [7, 11) is 0. The fraction of sp³-hybridized carbons (Fsp3) is 0. The molecular formula is C12H7N2O4+. The van der Waals surface area contributed by atoms with Crippen LogP contribution in [0.4, 0.5) is 0 Å². The first-order valence-electron chi connectivity index (χ1n) is 5.05. The summed E-state index contributed by atoms with van der Waals surface area (Å²) < 4.78 is 11.1. The van der Waals surface area contributed by atoms with Crippen molar-refractivity contribution in [2.45, 2.75) is 0 Å². The molecule has 2 aromatic heterocycles. The molecule has 3 rings (SSSR count). The first-order chi connectivity index (χ1) is 8.70. The fourth-order valence-electron chi connectivity index (χ4n) is 1.91. The van der Waals surface area contributed by atoms with Gasteiger partial charge in [-0.3, -0.25) is 5.21 Å². The van der Waals surface area contributed by atoms with E-state index in [0.29, 0.717) is 16.4 Å². The lowest BCUT2D eigenvalue weighted by Crippen LogP contribution is -2.27. The van der Waals surface area contributed by atoms with Crippen LogP contribution in [0, 0.1) is 11.5 Å². The Kier molecular flexibility index (Phi) is 2.01. The molecule has 2 heterocycles. The highest BCUT2D eigenvalue weighted by Gasteiger charge is 2.18. The van der Waals surface area contributed by atoms with E-state index in [0.717, 1.165) is 4.73 Å². The third kappa shape index (κ3) is 1.31. The Morgan fingerprint density at radius 3 is 2.94 bits per heavy atom. The number of hydrogen-bond acceptors (Lipinski definition) is 5. The maximum Gasteiger partial charge on any atom is 0.292 e. The number of aromatic nitrogens is 1. The molecule has 88 valence electrons. The lowest BCUT2D eigenvalue weighted by Gasteiger charge is -1.98. The van der Waals surface area contributed by atoms with Crippen molar-refractivity contribution >= 4 is 21.9 Å². The fourth-order valence-corrected chi connectivity index (χ4v) is 1.91. The number of hydrogen-bond donors (Lipinski definition) is 2. The van der Waals surface area contributed by atoms with Gasteiger partial charge in [-0.1, -0.05) is 0 Å². The molecule has 2 N–H and O–H groups in total. The van der Waals surface area contributed by atoms with Gasteiger partial charge in [-0.05, 0) is 12.1 Å². The molecule has 6 heteroatoms. The van der Waals surface area contributed by atoms with E-state index in [9.17, 15) is 10.3 Å². The molecule has 0 amide bonds. The monoisotopic (exact) mass is 243 g/mol. The number of phenols is 1. The smallest absolute Gasteiger partial charge is 0.292 e. The largest absolute Gasteiger partial charge is 0.504 e.